The van der Waals surface area contributed by atoms with Crippen molar-refractivity contribution in [2.45, 2.75) is 25.7 Å². The normalized spacial score (nSPS) is 14.5. The summed E-state index contributed by atoms with van der Waals surface area (Å²) in [7, 11) is 0. The van der Waals surface area contributed by atoms with E-state index in [2.05, 4.69) is 10.1 Å². The summed E-state index contributed by atoms with van der Waals surface area (Å²) in [5.74, 6) is -0.00995. The first-order chi connectivity index (χ1) is 5.88. The summed E-state index contributed by atoms with van der Waals surface area (Å²) in [6, 6.07) is 0. The molecule has 0 aliphatic carbocycles. The molecule has 0 aliphatic rings. The standard InChI is InChI=1S/C6H8F3N3O/c1-4(13)5-10-3-12(11-5)2-6(7,8)9/h3-4,13H,2H2,1H3. The first-order valence-corrected chi connectivity index (χ1v) is 3.52. The van der Waals surface area contributed by atoms with Crippen molar-refractivity contribution < 1.29 is 18.3 Å². The van der Waals surface area contributed by atoms with Crippen molar-refractivity contribution in [1.29, 1.82) is 0 Å². The number of aliphatic hydroxyl groups excluding tert-OH is 1. The van der Waals surface area contributed by atoms with Gasteiger partial charge in [0.25, 0.3) is 0 Å². The van der Waals surface area contributed by atoms with Crippen molar-refractivity contribution in [1.82, 2.24) is 14.8 Å². The van der Waals surface area contributed by atoms with E-state index in [1.165, 1.54) is 6.92 Å². The Hall–Kier alpha value is -1.11. The van der Waals surface area contributed by atoms with Crippen molar-refractivity contribution in [3.63, 3.8) is 0 Å². The summed E-state index contributed by atoms with van der Waals surface area (Å²) in [6.45, 7) is 0.194. The van der Waals surface area contributed by atoms with Gasteiger partial charge in [0, 0.05) is 0 Å². The maximum atomic E-state index is 11.8. The second-order valence-corrected chi connectivity index (χ2v) is 2.59. The highest BCUT2D eigenvalue weighted by Crippen LogP contribution is 2.17. The van der Waals surface area contributed by atoms with Gasteiger partial charge in [-0.25, -0.2) is 9.67 Å². The van der Waals surface area contributed by atoms with Crippen LogP contribution in [0.15, 0.2) is 6.33 Å². The Balaban J connectivity index is 2.70. The van der Waals surface area contributed by atoms with E-state index < -0.39 is 18.8 Å². The zero-order chi connectivity index (χ0) is 10.1. The lowest BCUT2D eigenvalue weighted by atomic mass is 10.4. The van der Waals surface area contributed by atoms with Crippen LogP contribution in [-0.4, -0.2) is 26.0 Å². The van der Waals surface area contributed by atoms with Crippen molar-refractivity contribution in [2.75, 3.05) is 0 Å². The van der Waals surface area contributed by atoms with Gasteiger partial charge in [0.1, 0.15) is 19.0 Å². The number of halogens is 3. The minimum absolute atomic E-state index is 0.00995. The molecule has 0 saturated carbocycles. The van der Waals surface area contributed by atoms with Crippen LogP contribution in [0.25, 0.3) is 0 Å². The van der Waals surface area contributed by atoms with E-state index in [0.29, 0.717) is 4.68 Å². The fraction of sp³-hybridized carbons (Fsp3) is 0.667. The summed E-state index contributed by atoms with van der Waals surface area (Å²) < 4.78 is 36.0. The monoisotopic (exact) mass is 195 g/mol. The Morgan fingerprint density at radius 3 is 2.62 bits per heavy atom. The number of nitrogens with zero attached hydrogens (tertiary/aromatic N) is 3. The predicted octanol–water partition coefficient (Wildman–Crippen LogP) is 0.894. The molecule has 1 aromatic heterocycles. The van der Waals surface area contributed by atoms with E-state index in [4.69, 9.17) is 5.11 Å². The second kappa shape index (κ2) is 3.33. The summed E-state index contributed by atoms with van der Waals surface area (Å²) >= 11 is 0. The van der Waals surface area contributed by atoms with Crippen molar-refractivity contribution in [3.05, 3.63) is 12.2 Å². The van der Waals surface area contributed by atoms with E-state index in [-0.39, 0.29) is 5.82 Å². The lowest BCUT2D eigenvalue weighted by molar-refractivity contribution is -0.142. The molecule has 1 atom stereocenters. The number of rotatable bonds is 2. The zero-order valence-electron chi connectivity index (χ0n) is 6.78. The summed E-state index contributed by atoms with van der Waals surface area (Å²) in [6.07, 6.45) is -4.33. The van der Waals surface area contributed by atoms with Gasteiger partial charge in [0.15, 0.2) is 5.82 Å². The minimum atomic E-state index is -4.32. The maximum absolute atomic E-state index is 11.8. The molecule has 0 spiro atoms. The van der Waals surface area contributed by atoms with Gasteiger partial charge in [-0.15, -0.1) is 0 Å². The Morgan fingerprint density at radius 2 is 2.23 bits per heavy atom. The molecule has 0 amide bonds. The number of aromatic nitrogens is 3. The highest BCUT2D eigenvalue weighted by atomic mass is 19.4. The molecule has 7 heteroatoms. The summed E-state index contributed by atoms with van der Waals surface area (Å²) in [5, 5.41) is 12.3. The van der Waals surface area contributed by atoms with Crippen LogP contribution in [0.5, 0.6) is 0 Å². The van der Waals surface area contributed by atoms with Gasteiger partial charge in [-0.2, -0.15) is 18.3 Å². The molecule has 0 aromatic carbocycles. The largest absolute Gasteiger partial charge is 0.408 e. The van der Waals surface area contributed by atoms with Crippen LogP contribution in [0.2, 0.25) is 0 Å². The average Bonchev–Trinajstić information content (AvgIpc) is 2.31. The van der Waals surface area contributed by atoms with Gasteiger partial charge in [-0.3, -0.25) is 0 Å². The second-order valence-electron chi connectivity index (χ2n) is 2.59. The molecule has 1 unspecified atom stereocenters. The van der Waals surface area contributed by atoms with Gasteiger partial charge in [-0.05, 0) is 6.92 Å². The lowest BCUT2D eigenvalue weighted by Crippen LogP contribution is -2.18. The molecule has 0 fully saturated rings. The molecular formula is C6H8F3N3O. The molecular weight excluding hydrogens is 187 g/mol. The van der Waals surface area contributed by atoms with Gasteiger partial charge >= 0.3 is 6.18 Å². The Bertz CT molecular complexity index is 281. The van der Waals surface area contributed by atoms with Crippen molar-refractivity contribution >= 4 is 0 Å². The molecule has 13 heavy (non-hydrogen) atoms. The van der Waals surface area contributed by atoms with Crippen LogP contribution >= 0.6 is 0 Å². The lowest BCUT2D eigenvalue weighted by Gasteiger charge is -2.04. The van der Waals surface area contributed by atoms with Crippen LogP contribution in [0.3, 0.4) is 0 Å². The smallest absolute Gasteiger partial charge is 0.385 e. The molecule has 0 radical (unpaired) electrons. The van der Waals surface area contributed by atoms with E-state index in [1.54, 1.807) is 0 Å². The van der Waals surface area contributed by atoms with Crippen LogP contribution < -0.4 is 0 Å². The van der Waals surface area contributed by atoms with Crippen molar-refractivity contribution in [3.8, 4) is 0 Å². The van der Waals surface area contributed by atoms with E-state index in [9.17, 15) is 13.2 Å². The Kier molecular flexibility index (Phi) is 2.55. The first-order valence-electron chi connectivity index (χ1n) is 3.52. The van der Waals surface area contributed by atoms with Crippen LogP contribution in [-0.2, 0) is 6.54 Å². The summed E-state index contributed by atoms with van der Waals surface area (Å²) in [4.78, 5) is 3.50. The molecule has 0 saturated heterocycles. The quantitative estimate of drug-likeness (QED) is 0.762. The van der Waals surface area contributed by atoms with Gasteiger partial charge < -0.3 is 5.11 Å². The van der Waals surface area contributed by atoms with Crippen molar-refractivity contribution in [2.24, 2.45) is 0 Å². The third-order valence-electron chi connectivity index (χ3n) is 1.27. The van der Waals surface area contributed by atoms with Gasteiger partial charge in [0.05, 0.1) is 0 Å². The van der Waals surface area contributed by atoms with E-state index in [1.807, 2.05) is 0 Å². The van der Waals surface area contributed by atoms with Crippen LogP contribution in [0.1, 0.15) is 18.9 Å². The molecule has 0 bridgehead atoms. The highest BCUT2D eigenvalue weighted by Gasteiger charge is 2.28. The molecule has 74 valence electrons. The average molecular weight is 195 g/mol. The predicted molar refractivity (Wildman–Crippen MR) is 36.7 cm³/mol. The molecule has 1 aromatic rings. The minimum Gasteiger partial charge on any atom is -0.385 e. The van der Waals surface area contributed by atoms with E-state index in [0.717, 1.165) is 6.33 Å². The Morgan fingerprint density at radius 1 is 1.62 bits per heavy atom. The zero-order valence-corrected chi connectivity index (χ0v) is 6.78. The number of hydrogen-bond donors (Lipinski definition) is 1. The maximum Gasteiger partial charge on any atom is 0.408 e. The highest BCUT2D eigenvalue weighted by molar-refractivity contribution is 4.85. The van der Waals surface area contributed by atoms with Crippen LogP contribution in [0.4, 0.5) is 13.2 Å². The number of hydrogen-bond acceptors (Lipinski definition) is 3. The fourth-order valence-electron chi connectivity index (χ4n) is 0.760. The molecule has 1 heterocycles. The van der Waals surface area contributed by atoms with Gasteiger partial charge in [-0.1, -0.05) is 0 Å². The molecule has 1 N–H and O–H groups in total. The van der Waals surface area contributed by atoms with E-state index >= 15 is 0 Å². The third-order valence-corrected chi connectivity index (χ3v) is 1.27. The fourth-order valence-corrected chi connectivity index (χ4v) is 0.760. The number of alkyl halides is 3. The molecule has 1 rings (SSSR count). The first kappa shape index (κ1) is 9.97. The van der Waals surface area contributed by atoms with Crippen LogP contribution in [0, 0.1) is 0 Å². The summed E-state index contributed by atoms with van der Waals surface area (Å²) in [5.41, 5.74) is 0. The number of aliphatic hydroxyl groups is 1. The Labute approximate surface area is 72.0 Å². The topological polar surface area (TPSA) is 50.9 Å². The van der Waals surface area contributed by atoms with Gasteiger partial charge in [0.2, 0.25) is 0 Å². The SMILES string of the molecule is CC(O)c1ncn(CC(F)(F)F)n1. The molecule has 4 nitrogen and oxygen atoms in total. The third kappa shape index (κ3) is 3.02. The molecule has 0 aliphatic heterocycles.